The summed E-state index contributed by atoms with van der Waals surface area (Å²) in [5.74, 6) is 0.860. The summed E-state index contributed by atoms with van der Waals surface area (Å²) >= 11 is 0. The van der Waals surface area contributed by atoms with Crippen LogP contribution in [0.3, 0.4) is 0 Å². The van der Waals surface area contributed by atoms with E-state index in [-0.39, 0.29) is 17.9 Å². The van der Waals surface area contributed by atoms with Crippen molar-refractivity contribution in [2.24, 2.45) is 5.73 Å². The van der Waals surface area contributed by atoms with Crippen LogP contribution < -0.4 is 26.2 Å². The number of aromatic nitrogens is 5. The highest BCUT2D eigenvalue weighted by Gasteiger charge is 2.24. The average molecular weight is 577 g/mol. The maximum Gasteiger partial charge on any atom is 0.350 e. The van der Waals surface area contributed by atoms with E-state index in [0.29, 0.717) is 36.1 Å². The number of H-pyrrole nitrogens is 1. The number of nitrogens with one attached hydrogen (secondary N) is 3. The fourth-order valence-corrected chi connectivity index (χ4v) is 4.16. The van der Waals surface area contributed by atoms with Crippen LogP contribution in [-0.4, -0.2) is 68.1 Å². The fourth-order valence-electron chi connectivity index (χ4n) is 4.16. The quantitative estimate of drug-likeness (QED) is 0.145. The summed E-state index contributed by atoms with van der Waals surface area (Å²) in [6.45, 7) is 2.39. The van der Waals surface area contributed by atoms with Gasteiger partial charge in [-0.2, -0.15) is 0 Å². The zero-order chi connectivity index (χ0) is 30.1. The number of nitrogen functional groups attached to an aromatic ring is 1. The SMILES string of the molecule is CC(=O)O.COc1cc(OC2CCOCC2)cc(C(Nc2ccc(C(=N)N)cc2)c2nn(-c3ncccn3)c(=O)[nH]2)c1. The maximum atomic E-state index is 12.8. The normalized spacial score (nSPS) is 13.8. The van der Waals surface area contributed by atoms with Crippen molar-refractivity contribution in [3.63, 3.8) is 0 Å². The summed E-state index contributed by atoms with van der Waals surface area (Å²) in [5, 5.41) is 23.0. The van der Waals surface area contributed by atoms with E-state index in [2.05, 4.69) is 25.4 Å². The first kappa shape index (κ1) is 29.7. The lowest BCUT2D eigenvalue weighted by Gasteiger charge is -2.25. The minimum absolute atomic E-state index is 0.0262. The number of hydrogen-bond acceptors (Lipinski definition) is 10. The minimum atomic E-state index is -0.833. The van der Waals surface area contributed by atoms with E-state index < -0.39 is 17.7 Å². The van der Waals surface area contributed by atoms with Gasteiger partial charge in [-0.1, -0.05) is 0 Å². The predicted molar refractivity (Wildman–Crippen MR) is 153 cm³/mol. The van der Waals surface area contributed by atoms with Gasteiger partial charge < -0.3 is 30.4 Å². The molecule has 14 heteroatoms. The Labute approximate surface area is 241 Å². The second kappa shape index (κ2) is 13.9. The molecule has 0 bridgehead atoms. The van der Waals surface area contributed by atoms with E-state index >= 15 is 0 Å². The van der Waals surface area contributed by atoms with Crippen molar-refractivity contribution in [1.29, 1.82) is 5.41 Å². The largest absolute Gasteiger partial charge is 0.497 e. The van der Waals surface area contributed by atoms with E-state index in [0.717, 1.165) is 35.7 Å². The van der Waals surface area contributed by atoms with Gasteiger partial charge in [0.25, 0.3) is 11.9 Å². The second-order valence-electron chi connectivity index (χ2n) is 9.23. The molecular formula is C28H32N8O6. The molecular weight excluding hydrogens is 544 g/mol. The molecule has 1 aliphatic rings. The molecule has 1 fully saturated rings. The van der Waals surface area contributed by atoms with Gasteiger partial charge in [0.2, 0.25) is 0 Å². The van der Waals surface area contributed by atoms with Gasteiger partial charge in [0.05, 0.1) is 20.3 Å². The van der Waals surface area contributed by atoms with Crippen LogP contribution in [0.4, 0.5) is 5.69 Å². The molecule has 2 aromatic heterocycles. The van der Waals surface area contributed by atoms with E-state index in [4.69, 9.17) is 35.3 Å². The molecule has 6 N–H and O–H groups in total. The van der Waals surface area contributed by atoms with Gasteiger partial charge >= 0.3 is 5.69 Å². The molecule has 2 aromatic carbocycles. The first-order valence-electron chi connectivity index (χ1n) is 13.0. The van der Waals surface area contributed by atoms with Crippen LogP contribution in [0, 0.1) is 5.41 Å². The Balaban J connectivity index is 0.000000952. The number of anilines is 1. The third-order valence-electron chi connectivity index (χ3n) is 6.10. The van der Waals surface area contributed by atoms with Gasteiger partial charge in [0.15, 0.2) is 5.82 Å². The van der Waals surface area contributed by atoms with Gasteiger partial charge in [0.1, 0.15) is 29.5 Å². The van der Waals surface area contributed by atoms with E-state index in [1.54, 1.807) is 37.4 Å². The van der Waals surface area contributed by atoms with Crippen LogP contribution in [0.1, 0.15) is 42.8 Å². The number of benzene rings is 2. The first-order valence-corrected chi connectivity index (χ1v) is 13.0. The van der Waals surface area contributed by atoms with Gasteiger partial charge in [-0.05, 0) is 48.0 Å². The molecule has 1 aliphatic heterocycles. The van der Waals surface area contributed by atoms with E-state index in [1.165, 1.54) is 12.4 Å². The average Bonchev–Trinajstić information content (AvgIpc) is 3.37. The lowest BCUT2D eigenvalue weighted by molar-refractivity contribution is -0.134. The molecule has 42 heavy (non-hydrogen) atoms. The molecule has 0 spiro atoms. The van der Waals surface area contributed by atoms with E-state index in [1.807, 2.05) is 18.2 Å². The predicted octanol–water partition coefficient (Wildman–Crippen LogP) is 2.49. The molecule has 0 radical (unpaired) electrons. The minimum Gasteiger partial charge on any atom is -0.497 e. The molecule has 0 saturated carbocycles. The number of nitrogens with zero attached hydrogens (tertiary/aromatic N) is 4. The van der Waals surface area contributed by atoms with Crippen LogP contribution >= 0.6 is 0 Å². The van der Waals surface area contributed by atoms with Crippen molar-refractivity contribution in [3.05, 3.63) is 88.4 Å². The van der Waals surface area contributed by atoms with Gasteiger partial charge in [-0.25, -0.2) is 14.8 Å². The van der Waals surface area contributed by atoms with Crippen molar-refractivity contribution < 1.29 is 24.1 Å². The fraction of sp³-hybridized carbons (Fsp3) is 0.286. The molecule has 1 atom stereocenters. The van der Waals surface area contributed by atoms with Crippen LogP contribution in [0.15, 0.2) is 65.7 Å². The molecule has 14 nitrogen and oxygen atoms in total. The number of carbonyl (C=O) groups is 1. The van der Waals surface area contributed by atoms with E-state index in [9.17, 15) is 4.79 Å². The topological polar surface area (TPSA) is 203 Å². The number of methoxy groups -OCH3 is 1. The summed E-state index contributed by atoms with van der Waals surface area (Å²) in [6.07, 6.45) is 4.70. The molecule has 220 valence electrons. The number of aliphatic carboxylic acids is 1. The van der Waals surface area contributed by atoms with Crippen molar-refractivity contribution >= 4 is 17.5 Å². The maximum absolute atomic E-state index is 12.8. The Kier molecular flexibility index (Phi) is 9.84. The molecule has 1 unspecified atom stereocenters. The highest BCUT2D eigenvalue weighted by molar-refractivity contribution is 5.95. The Morgan fingerprint density at radius 3 is 2.43 bits per heavy atom. The Morgan fingerprint density at radius 2 is 1.81 bits per heavy atom. The number of carboxylic acid groups (broad SMARTS) is 1. The summed E-state index contributed by atoms with van der Waals surface area (Å²) in [6, 6.07) is 13.7. The number of amidine groups is 1. The lowest BCUT2D eigenvalue weighted by atomic mass is 10.0. The van der Waals surface area contributed by atoms with Crippen molar-refractivity contribution in [3.8, 4) is 17.4 Å². The highest BCUT2D eigenvalue weighted by Crippen LogP contribution is 2.32. The molecule has 5 rings (SSSR count). The number of ether oxygens (including phenoxy) is 3. The number of carboxylic acids is 1. The number of aromatic amines is 1. The van der Waals surface area contributed by atoms with Crippen LogP contribution in [0.5, 0.6) is 11.5 Å². The monoisotopic (exact) mass is 576 g/mol. The Morgan fingerprint density at radius 1 is 1.17 bits per heavy atom. The summed E-state index contributed by atoms with van der Waals surface area (Å²) in [4.78, 5) is 32.9. The van der Waals surface area contributed by atoms with Crippen LogP contribution in [0.25, 0.3) is 5.95 Å². The Hall–Kier alpha value is -5.24. The van der Waals surface area contributed by atoms with Crippen molar-refractivity contribution in [1.82, 2.24) is 24.7 Å². The molecule has 0 amide bonds. The van der Waals surface area contributed by atoms with Gasteiger partial charge in [-0.3, -0.25) is 15.2 Å². The number of hydrogen-bond donors (Lipinski definition) is 5. The molecule has 0 aliphatic carbocycles. The summed E-state index contributed by atoms with van der Waals surface area (Å²) in [5.41, 5.74) is 7.20. The highest BCUT2D eigenvalue weighted by atomic mass is 16.5. The molecule has 3 heterocycles. The van der Waals surface area contributed by atoms with Gasteiger partial charge in [0, 0.05) is 49.5 Å². The molecule has 1 saturated heterocycles. The third kappa shape index (κ3) is 7.91. The van der Waals surface area contributed by atoms with Crippen molar-refractivity contribution in [2.45, 2.75) is 31.9 Å². The van der Waals surface area contributed by atoms with Crippen molar-refractivity contribution in [2.75, 3.05) is 25.6 Å². The zero-order valence-electron chi connectivity index (χ0n) is 23.1. The lowest BCUT2D eigenvalue weighted by Crippen LogP contribution is -2.26. The Bertz CT molecular complexity index is 1540. The second-order valence-corrected chi connectivity index (χ2v) is 9.23. The van der Waals surface area contributed by atoms with Gasteiger partial charge in [-0.15, -0.1) is 9.78 Å². The van der Waals surface area contributed by atoms with Crippen LogP contribution in [0.2, 0.25) is 0 Å². The molecule has 4 aromatic rings. The summed E-state index contributed by atoms with van der Waals surface area (Å²) < 4.78 is 18.4. The first-order chi connectivity index (χ1) is 20.2. The number of nitrogens with two attached hydrogens (primary N) is 1. The third-order valence-corrected chi connectivity index (χ3v) is 6.10. The van der Waals surface area contributed by atoms with Crippen LogP contribution in [-0.2, 0) is 9.53 Å². The standard InChI is InChI=1S/C26H28N8O4.C2H4O2/c1-36-20-13-17(14-21(15-20)38-19-7-11-37-12-8-19)22(31-18-5-3-16(4-6-18)23(27)28)24-32-26(35)34(33-24)25-29-9-2-10-30-25;1-2(3)4/h2-6,9-10,13-15,19,22,31H,7-8,11-12H2,1H3,(H3,27,28)(H,32,33,35);1H3,(H,3,4). The smallest absolute Gasteiger partial charge is 0.350 e. The number of rotatable bonds is 9. The zero-order valence-corrected chi connectivity index (χ0v) is 23.1. The summed E-state index contributed by atoms with van der Waals surface area (Å²) in [7, 11) is 1.59.